The second-order valence-electron chi connectivity index (χ2n) is 4.13. The van der Waals surface area contributed by atoms with Gasteiger partial charge in [0.05, 0.1) is 6.33 Å². The highest BCUT2D eigenvalue weighted by molar-refractivity contribution is 5.06. The molecule has 0 atom stereocenters. The summed E-state index contributed by atoms with van der Waals surface area (Å²) in [6.45, 7) is 6.19. The van der Waals surface area contributed by atoms with Gasteiger partial charge in [-0.05, 0) is 25.1 Å². The van der Waals surface area contributed by atoms with Crippen LogP contribution in [0.15, 0.2) is 37.1 Å². The van der Waals surface area contributed by atoms with E-state index in [1.54, 1.807) is 0 Å². The summed E-state index contributed by atoms with van der Waals surface area (Å²) in [7, 11) is 0. The first kappa shape index (κ1) is 11.9. The van der Waals surface area contributed by atoms with Gasteiger partial charge in [-0.15, -0.1) is 0 Å². The highest BCUT2D eigenvalue weighted by atomic mass is 15.0. The number of imidazole rings is 1. The number of nitrogens with zero attached hydrogens (tertiary/aromatic N) is 3. The second-order valence-corrected chi connectivity index (χ2v) is 4.13. The molecule has 1 N–H and O–H groups in total. The van der Waals surface area contributed by atoms with Crippen LogP contribution in [0.5, 0.6) is 0 Å². The van der Waals surface area contributed by atoms with Crippen LogP contribution in [0.4, 0.5) is 0 Å². The fraction of sp³-hybridized carbons (Fsp3) is 0.462. The van der Waals surface area contributed by atoms with E-state index in [0.29, 0.717) is 0 Å². The van der Waals surface area contributed by atoms with Crippen molar-refractivity contribution in [3.63, 3.8) is 0 Å². The zero-order chi connectivity index (χ0) is 11.9. The predicted molar refractivity (Wildman–Crippen MR) is 68.7 cm³/mol. The molecule has 4 nitrogen and oxygen atoms in total. The van der Waals surface area contributed by atoms with Crippen LogP contribution in [-0.4, -0.2) is 20.7 Å². The molecular weight excluding hydrogens is 212 g/mol. The van der Waals surface area contributed by atoms with Crippen LogP contribution in [-0.2, 0) is 19.6 Å². The van der Waals surface area contributed by atoms with Gasteiger partial charge >= 0.3 is 0 Å². The SMILES string of the molecule is CCNCc1cccn1CCCn1ccnc1. The van der Waals surface area contributed by atoms with Gasteiger partial charge in [-0.2, -0.15) is 0 Å². The quantitative estimate of drug-likeness (QED) is 0.791. The van der Waals surface area contributed by atoms with Crippen LogP contribution in [0.3, 0.4) is 0 Å². The molecule has 0 unspecified atom stereocenters. The lowest BCUT2D eigenvalue weighted by Gasteiger charge is -2.09. The van der Waals surface area contributed by atoms with E-state index in [4.69, 9.17) is 0 Å². The van der Waals surface area contributed by atoms with E-state index in [-0.39, 0.29) is 0 Å². The largest absolute Gasteiger partial charge is 0.350 e. The second kappa shape index (κ2) is 6.25. The van der Waals surface area contributed by atoms with Crippen molar-refractivity contribution < 1.29 is 0 Å². The molecule has 2 aromatic heterocycles. The maximum atomic E-state index is 4.04. The minimum atomic E-state index is 0.953. The average molecular weight is 232 g/mol. The summed E-state index contributed by atoms with van der Waals surface area (Å²) in [6, 6.07) is 4.30. The Balaban J connectivity index is 1.80. The van der Waals surface area contributed by atoms with Gasteiger partial charge in [-0.25, -0.2) is 4.98 Å². The molecule has 0 spiro atoms. The molecule has 0 bridgehead atoms. The fourth-order valence-corrected chi connectivity index (χ4v) is 1.92. The van der Waals surface area contributed by atoms with E-state index in [0.717, 1.165) is 32.6 Å². The zero-order valence-electron chi connectivity index (χ0n) is 10.3. The summed E-state index contributed by atoms with van der Waals surface area (Å²) in [6.07, 6.45) is 8.99. The first-order valence-electron chi connectivity index (χ1n) is 6.20. The molecule has 0 aliphatic carbocycles. The maximum absolute atomic E-state index is 4.04. The summed E-state index contributed by atoms with van der Waals surface area (Å²) < 4.78 is 4.44. The maximum Gasteiger partial charge on any atom is 0.0945 e. The summed E-state index contributed by atoms with van der Waals surface area (Å²) in [5, 5.41) is 3.36. The van der Waals surface area contributed by atoms with Crippen LogP contribution < -0.4 is 5.32 Å². The molecule has 0 amide bonds. The Morgan fingerprint density at radius 2 is 2.24 bits per heavy atom. The Labute approximate surface area is 102 Å². The molecule has 0 saturated heterocycles. The lowest BCUT2D eigenvalue weighted by Crippen LogP contribution is -2.15. The van der Waals surface area contributed by atoms with Crippen molar-refractivity contribution in [1.29, 1.82) is 0 Å². The van der Waals surface area contributed by atoms with E-state index in [1.165, 1.54) is 5.69 Å². The first-order chi connectivity index (χ1) is 8.40. The fourth-order valence-electron chi connectivity index (χ4n) is 1.92. The standard InChI is InChI=1S/C13H20N4/c1-2-14-11-13-5-3-8-17(13)9-4-7-16-10-6-15-12-16/h3,5-6,8,10,12,14H,2,4,7,9,11H2,1H3. The number of hydrogen-bond donors (Lipinski definition) is 1. The van der Waals surface area contributed by atoms with E-state index >= 15 is 0 Å². The third-order valence-electron chi connectivity index (χ3n) is 2.85. The van der Waals surface area contributed by atoms with Gasteiger partial charge in [0.2, 0.25) is 0 Å². The molecule has 0 saturated carbocycles. The van der Waals surface area contributed by atoms with Crippen molar-refractivity contribution in [3.8, 4) is 0 Å². The van der Waals surface area contributed by atoms with Gasteiger partial charge in [-0.1, -0.05) is 6.92 Å². The zero-order valence-corrected chi connectivity index (χ0v) is 10.3. The Kier molecular flexibility index (Phi) is 4.38. The molecule has 17 heavy (non-hydrogen) atoms. The monoisotopic (exact) mass is 232 g/mol. The van der Waals surface area contributed by atoms with Crippen molar-refractivity contribution >= 4 is 0 Å². The van der Waals surface area contributed by atoms with Crippen molar-refractivity contribution in [1.82, 2.24) is 19.4 Å². The Hall–Kier alpha value is -1.55. The minimum absolute atomic E-state index is 0.953. The molecular formula is C13H20N4. The molecule has 92 valence electrons. The van der Waals surface area contributed by atoms with Crippen LogP contribution in [0.1, 0.15) is 19.0 Å². The smallest absolute Gasteiger partial charge is 0.0945 e. The summed E-state index contributed by atoms with van der Waals surface area (Å²) >= 11 is 0. The Morgan fingerprint density at radius 1 is 1.29 bits per heavy atom. The van der Waals surface area contributed by atoms with E-state index in [2.05, 4.69) is 44.7 Å². The van der Waals surface area contributed by atoms with Crippen molar-refractivity contribution in [3.05, 3.63) is 42.7 Å². The minimum Gasteiger partial charge on any atom is -0.350 e. The number of aromatic nitrogens is 3. The first-order valence-corrected chi connectivity index (χ1v) is 6.20. The summed E-state index contributed by atoms with van der Waals surface area (Å²) in [5.74, 6) is 0. The Bertz CT molecular complexity index is 416. The molecule has 2 heterocycles. The molecule has 0 aliphatic heterocycles. The third kappa shape index (κ3) is 3.46. The van der Waals surface area contributed by atoms with Gasteiger partial charge in [0.15, 0.2) is 0 Å². The highest BCUT2D eigenvalue weighted by Gasteiger charge is 1.99. The van der Waals surface area contributed by atoms with E-state index in [9.17, 15) is 0 Å². The van der Waals surface area contributed by atoms with Gasteiger partial charge in [0, 0.05) is 43.9 Å². The molecule has 2 aromatic rings. The lowest BCUT2D eigenvalue weighted by molar-refractivity contribution is 0.543. The Morgan fingerprint density at radius 3 is 3.00 bits per heavy atom. The van der Waals surface area contributed by atoms with Gasteiger partial charge in [-0.3, -0.25) is 0 Å². The van der Waals surface area contributed by atoms with Crippen molar-refractivity contribution in [2.45, 2.75) is 33.0 Å². The number of nitrogens with one attached hydrogen (secondary N) is 1. The molecule has 0 radical (unpaired) electrons. The predicted octanol–water partition coefficient (Wildman–Crippen LogP) is 1.88. The van der Waals surface area contributed by atoms with Gasteiger partial charge in [0.1, 0.15) is 0 Å². The number of rotatable bonds is 7. The summed E-state index contributed by atoms with van der Waals surface area (Å²) in [5.41, 5.74) is 1.36. The van der Waals surface area contributed by atoms with E-state index in [1.807, 2.05) is 18.7 Å². The molecule has 0 aromatic carbocycles. The highest BCUT2D eigenvalue weighted by Crippen LogP contribution is 2.04. The lowest BCUT2D eigenvalue weighted by atomic mass is 10.3. The summed E-state index contributed by atoms with van der Waals surface area (Å²) in [4.78, 5) is 4.04. The van der Waals surface area contributed by atoms with Gasteiger partial charge < -0.3 is 14.5 Å². The molecule has 4 heteroatoms. The number of aryl methyl sites for hydroxylation is 2. The average Bonchev–Trinajstić information content (AvgIpc) is 2.98. The van der Waals surface area contributed by atoms with Crippen molar-refractivity contribution in [2.75, 3.05) is 6.54 Å². The van der Waals surface area contributed by atoms with Crippen LogP contribution in [0, 0.1) is 0 Å². The molecule has 0 fully saturated rings. The van der Waals surface area contributed by atoms with Crippen LogP contribution >= 0.6 is 0 Å². The molecule has 0 aliphatic rings. The van der Waals surface area contributed by atoms with E-state index < -0.39 is 0 Å². The van der Waals surface area contributed by atoms with Gasteiger partial charge in [0.25, 0.3) is 0 Å². The topological polar surface area (TPSA) is 34.8 Å². The number of hydrogen-bond acceptors (Lipinski definition) is 2. The van der Waals surface area contributed by atoms with Crippen molar-refractivity contribution in [2.24, 2.45) is 0 Å². The third-order valence-corrected chi connectivity index (χ3v) is 2.85. The van der Waals surface area contributed by atoms with Crippen LogP contribution in [0.2, 0.25) is 0 Å². The van der Waals surface area contributed by atoms with Crippen LogP contribution in [0.25, 0.3) is 0 Å². The molecule has 2 rings (SSSR count). The normalized spacial score (nSPS) is 10.9.